The fraction of sp³-hybridized carbons (Fsp3) is 0.158. The number of hydrogen-bond acceptors (Lipinski definition) is 6. The third-order valence-corrected chi connectivity index (χ3v) is 6.82. The number of thioether (sulfide) groups is 1. The number of nitrogens with zero attached hydrogens (tertiary/aromatic N) is 2. The summed E-state index contributed by atoms with van der Waals surface area (Å²) >= 11 is 15.1. The SMILES string of the molecule is Cc1nc(SCC(=O)Nc2ccc([N+](=O)[O-])cc2)sc1Cc1cc(Cl)ccc1Cl. The number of benzene rings is 2. The lowest BCUT2D eigenvalue weighted by Gasteiger charge is -2.04. The van der Waals surface area contributed by atoms with Crippen molar-refractivity contribution in [2.75, 3.05) is 11.1 Å². The zero-order chi connectivity index (χ0) is 21.0. The second kappa shape index (κ2) is 9.58. The Hall–Kier alpha value is -2.13. The van der Waals surface area contributed by atoms with Crippen molar-refractivity contribution in [1.29, 1.82) is 0 Å². The number of carbonyl (C=O) groups excluding carboxylic acids is 1. The number of halogens is 2. The number of aryl methyl sites for hydroxylation is 1. The zero-order valence-electron chi connectivity index (χ0n) is 15.1. The van der Waals surface area contributed by atoms with Gasteiger partial charge in [-0.1, -0.05) is 35.0 Å². The van der Waals surface area contributed by atoms with E-state index in [1.807, 2.05) is 13.0 Å². The van der Waals surface area contributed by atoms with Crippen molar-refractivity contribution in [2.24, 2.45) is 0 Å². The van der Waals surface area contributed by atoms with Gasteiger partial charge in [-0.05, 0) is 42.8 Å². The van der Waals surface area contributed by atoms with Gasteiger partial charge in [0.25, 0.3) is 5.69 Å². The van der Waals surface area contributed by atoms with Crippen LogP contribution in [-0.4, -0.2) is 21.6 Å². The number of aromatic nitrogens is 1. The first kappa shape index (κ1) is 21.6. The number of hydrogen-bond donors (Lipinski definition) is 1. The average molecular weight is 468 g/mol. The summed E-state index contributed by atoms with van der Waals surface area (Å²) in [7, 11) is 0. The lowest BCUT2D eigenvalue weighted by atomic mass is 10.1. The van der Waals surface area contributed by atoms with Crippen LogP contribution in [0.3, 0.4) is 0 Å². The molecule has 0 unspecified atom stereocenters. The number of non-ortho nitro benzene ring substituents is 1. The number of rotatable bonds is 7. The van der Waals surface area contributed by atoms with Crippen LogP contribution in [0.1, 0.15) is 16.1 Å². The minimum absolute atomic E-state index is 0.0250. The van der Waals surface area contributed by atoms with E-state index < -0.39 is 4.92 Å². The van der Waals surface area contributed by atoms with Crippen LogP contribution in [0.15, 0.2) is 46.8 Å². The molecule has 1 N–H and O–H groups in total. The summed E-state index contributed by atoms with van der Waals surface area (Å²) in [6.07, 6.45) is 0.623. The summed E-state index contributed by atoms with van der Waals surface area (Å²) in [5, 5.41) is 14.7. The Morgan fingerprint density at radius 3 is 2.66 bits per heavy atom. The van der Waals surface area contributed by atoms with Crippen LogP contribution < -0.4 is 5.32 Å². The first-order valence-corrected chi connectivity index (χ1v) is 10.9. The first-order valence-electron chi connectivity index (χ1n) is 8.39. The van der Waals surface area contributed by atoms with Crippen molar-refractivity contribution in [3.05, 3.63) is 78.8 Å². The van der Waals surface area contributed by atoms with E-state index in [9.17, 15) is 14.9 Å². The smallest absolute Gasteiger partial charge is 0.269 e. The number of amides is 1. The van der Waals surface area contributed by atoms with Gasteiger partial charge in [0.05, 0.1) is 16.4 Å². The minimum Gasteiger partial charge on any atom is -0.325 e. The number of nitrogens with one attached hydrogen (secondary N) is 1. The monoisotopic (exact) mass is 467 g/mol. The van der Waals surface area contributed by atoms with E-state index in [-0.39, 0.29) is 17.3 Å². The molecular weight excluding hydrogens is 453 g/mol. The van der Waals surface area contributed by atoms with Gasteiger partial charge in [-0.2, -0.15) is 0 Å². The maximum atomic E-state index is 12.1. The highest BCUT2D eigenvalue weighted by Gasteiger charge is 2.13. The lowest BCUT2D eigenvalue weighted by Crippen LogP contribution is -2.13. The third kappa shape index (κ3) is 5.93. The number of carbonyl (C=O) groups is 1. The normalized spacial score (nSPS) is 10.7. The third-order valence-electron chi connectivity index (χ3n) is 3.92. The molecule has 1 heterocycles. The summed E-state index contributed by atoms with van der Waals surface area (Å²) in [4.78, 5) is 27.9. The molecule has 6 nitrogen and oxygen atoms in total. The molecule has 3 aromatic rings. The summed E-state index contributed by atoms with van der Waals surface area (Å²) < 4.78 is 0.787. The topological polar surface area (TPSA) is 85.1 Å². The number of anilines is 1. The van der Waals surface area contributed by atoms with Crippen LogP contribution in [0.2, 0.25) is 10.0 Å². The molecule has 2 aromatic carbocycles. The highest BCUT2D eigenvalue weighted by molar-refractivity contribution is 8.01. The molecule has 0 saturated carbocycles. The summed E-state index contributed by atoms with van der Waals surface area (Å²) in [5.74, 6) is -0.0301. The van der Waals surface area contributed by atoms with Gasteiger partial charge in [-0.15, -0.1) is 11.3 Å². The fourth-order valence-electron chi connectivity index (χ4n) is 2.47. The van der Waals surface area contributed by atoms with E-state index in [0.717, 1.165) is 20.5 Å². The molecule has 0 saturated heterocycles. The van der Waals surface area contributed by atoms with Crippen LogP contribution in [-0.2, 0) is 11.2 Å². The van der Waals surface area contributed by atoms with Crippen molar-refractivity contribution < 1.29 is 9.72 Å². The predicted molar refractivity (Wildman–Crippen MR) is 119 cm³/mol. The zero-order valence-corrected chi connectivity index (χ0v) is 18.3. The van der Waals surface area contributed by atoms with Crippen LogP contribution >= 0.6 is 46.3 Å². The lowest BCUT2D eigenvalue weighted by molar-refractivity contribution is -0.384. The van der Waals surface area contributed by atoms with Crippen LogP contribution in [0.25, 0.3) is 0 Å². The van der Waals surface area contributed by atoms with Crippen molar-refractivity contribution in [3.63, 3.8) is 0 Å². The Labute approximate surface area is 185 Å². The van der Waals surface area contributed by atoms with Gasteiger partial charge < -0.3 is 5.32 Å². The largest absolute Gasteiger partial charge is 0.325 e. The van der Waals surface area contributed by atoms with Crippen molar-refractivity contribution >= 4 is 63.6 Å². The Balaban J connectivity index is 1.58. The number of thiazole rings is 1. The summed E-state index contributed by atoms with van der Waals surface area (Å²) in [6, 6.07) is 11.1. The molecule has 0 aliphatic heterocycles. The molecule has 0 radical (unpaired) electrons. The number of nitro groups is 1. The van der Waals surface area contributed by atoms with E-state index in [0.29, 0.717) is 22.2 Å². The quantitative estimate of drug-likeness (QED) is 0.262. The Kier molecular flexibility index (Phi) is 7.13. The molecule has 29 heavy (non-hydrogen) atoms. The molecule has 0 spiro atoms. The highest BCUT2D eigenvalue weighted by atomic mass is 35.5. The van der Waals surface area contributed by atoms with E-state index in [2.05, 4.69) is 10.3 Å². The molecule has 0 aliphatic carbocycles. The van der Waals surface area contributed by atoms with Gasteiger partial charge in [-0.25, -0.2) is 4.98 Å². The molecule has 0 aliphatic rings. The average Bonchev–Trinajstić information content (AvgIpc) is 3.03. The van der Waals surface area contributed by atoms with E-state index in [1.165, 1.54) is 47.4 Å². The van der Waals surface area contributed by atoms with Crippen molar-refractivity contribution in [1.82, 2.24) is 4.98 Å². The summed E-state index contributed by atoms with van der Waals surface area (Å²) in [5.41, 5.74) is 2.30. The molecule has 3 rings (SSSR count). The first-order chi connectivity index (χ1) is 13.8. The molecule has 0 fully saturated rings. The maximum Gasteiger partial charge on any atom is 0.269 e. The van der Waals surface area contributed by atoms with E-state index in [4.69, 9.17) is 23.2 Å². The Morgan fingerprint density at radius 1 is 1.24 bits per heavy atom. The molecule has 1 amide bonds. The van der Waals surface area contributed by atoms with Crippen LogP contribution in [0, 0.1) is 17.0 Å². The standard InChI is InChI=1S/C19H15Cl2N3O3S2/c1-11-17(9-12-8-13(20)2-7-16(12)21)29-19(22-11)28-10-18(25)23-14-3-5-15(6-4-14)24(26)27/h2-8H,9-10H2,1H3,(H,23,25). The van der Waals surface area contributed by atoms with Gasteiger partial charge in [0.1, 0.15) is 0 Å². The minimum atomic E-state index is -0.486. The molecule has 0 atom stereocenters. The second-order valence-corrected chi connectivity index (χ2v) is 9.19. The van der Waals surface area contributed by atoms with Gasteiger partial charge in [-0.3, -0.25) is 14.9 Å². The predicted octanol–water partition coefficient (Wildman–Crippen LogP) is 5.99. The van der Waals surface area contributed by atoms with Gasteiger partial charge in [0.2, 0.25) is 5.91 Å². The highest BCUT2D eigenvalue weighted by Crippen LogP contribution is 2.31. The second-order valence-electron chi connectivity index (χ2n) is 6.04. The summed E-state index contributed by atoms with van der Waals surface area (Å²) in [6.45, 7) is 1.92. The van der Waals surface area contributed by atoms with E-state index >= 15 is 0 Å². The van der Waals surface area contributed by atoms with Gasteiger partial charge in [0, 0.05) is 39.2 Å². The van der Waals surface area contributed by atoms with Crippen molar-refractivity contribution in [3.8, 4) is 0 Å². The van der Waals surface area contributed by atoms with Crippen LogP contribution in [0.5, 0.6) is 0 Å². The molecule has 0 bridgehead atoms. The Bertz CT molecular complexity index is 1060. The number of nitro benzene ring substituents is 1. The molecular formula is C19H15Cl2N3O3S2. The fourth-order valence-corrected chi connectivity index (χ4v) is 4.91. The van der Waals surface area contributed by atoms with Gasteiger partial charge >= 0.3 is 0 Å². The maximum absolute atomic E-state index is 12.1. The van der Waals surface area contributed by atoms with Gasteiger partial charge in [0.15, 0.2) is 4.34 Å². The molecule has 150 valence electrons. The Morgan fingerprint density at radius 2 is 1.97 bits per heavy atom. The molecule has 1 aromatic heterocycles. The van der Waals surface area contributed by atoms with Crippen molar-refractivity contribution in [2.45, 2.75) is 17.7 Å². The van der Waals surface area contributed by atoms with E-state index in [1.54, 1.807) is 12.1 Å². The molecule has 10 heteroatoms. The van der Waals surface area contributed by atoms with Crippen LogP contribution in [0.4, 0.5) is 11.4 Å².